The smallest absolute Gasteiger partial charge is 0.270 e. The van der Waals surface area contributed by atoms with Gasteiger partial charge in [0.2, 0.25) is 0 Å². The lowest BCUT2D eigenvalue weighted by Crippen LogP contribution is -2.03. The molecule has 0 aliphatic carbocycles. The highest BCUT2D eigenvalue weighted by Crippen LogP contribution is 2.21. The average molecular weight is 243 g/mol. The first-order chi connectivity index (χ1) is 8.70. The summed E-state index contributed by atoms with van der Waals surface area (Å²) >= 11 is 0. The Labute approximate surface area is 102 Å². The van der Waals surface area contributed by atoms with Crippen molar-refractivity contribution in [2.24, 2.45) is 0 Å². The van der Waals surface area contributed by atoms with Gasteiger partial charge in [-0.2, -0.15) is 5.26 Å². The summed E-state index contributed by atoms with van der Waals surface area (Å²) < 4.78 is 0. The first kappa shape index (κ1) is 11.6. The molecule has 0 spiro atoms. The molecule has 0 aliphatic heterocycles. The van der Waals surface area contributed by atoms with E-state index < -0.39 is 4.92 Å². The van der Waals surface area contributed by atoms with Crippen molar-refractivity contribution >= 4 is 11.4 Å². The number of benzene rings is 1. The molecule has 0 radical (unpaired) electrons. The van der Waals surface area contributed by atoms with E-state index in [1.54, 1.807) is 12.4 Å². The Balaban J connectivity index is 2.18. The monoisotopic (exact) mass is 243 g/mol. The third-order valence-electron chi connectivity index (χ3n) is 2.34. The molecule has 0 bridgehead atoms. The number of nitro benzene ring substituents is 1. The largest absolute Gasteiger partial charge is 0.377 e. The fourth-order valence-corrected chi connectivity index (χ4v) is 1.47. The molecule has 2 N–H and O–H groups in total. The summed E-state index contributed by atoms with van der Waals surface area (Å²) in [6, 6.07) is 6.03. The van der Waals surface area contributed by atoms with E-state index in [1.807, 2.05) is 6.07 Å². The molecule has 7 nitrogen and oxygen atoms in total. The molecule has 0 aliphatic rings. The van der Waals surface area contributed by atoms with E-state index in [1.165, 1.54) is 18.2 Å². The summed E-state index contributed by atoms with van der Waals surface area (Å²) in [5.41, 5.74) is 0.672. The maximum absolute atomic E-state index is 10.6. The predicted molar refractivity (Wildman–Crippen MR) is 63.7 cm³/mol. The highest BCUT2D eigenvalue weighted by Gasteiger charge is 2.10. The number of hydrogen-bond acceptors (Lipinski definition) is 5. The number of anilines is 1. The van der Waals surface area contributed by atoms with Crippen LogP contribution in [-0.2, 0) is 6.54 Å². The van der Waals surface area contributed by atoms with Gasteiger partial charge in [-0.25, -0.2) is 4.98 Å². The molecule has 1 aromatic heterocycles. The van der Waals surface area contributed by atoms with Crippen molar-refractivity contribution in [2.45, 2.75) is 6.54 Å². The first-order valence-electron chi connectivity index (χ1n) is 5.11. The summed E-state index contributed by atoms with van der Waals surface area (Å²) in [5, 5.41) is 22.5. The van der Waals surface area contributed by atoms with Crippen molar-refractivity contribution in [3.63, 3.8) is 0 Å². The van der Waals surface area contributed by atoms with Crippen LogP contribution in [0.5, 0.6) is 0 Å². The van der Waals surface area contributed by atoms with Gasteiger partial charge in [-0.05, 0) is 6.07 Å². The van der Waals surface area contributed by atoms with Crippen LogP contribution in [0.3, 0.4) is 0 Å². The molecule has 18 heavy (non-hydrogen) atoms. The average Bonchev–Trinajstić information content (AvgIpc) is 2.89. The lowest BCUT2D eigenvalue weighted by Gasteiger charge is -2.06. The number of hydrogen-bond donors (Lipinski definition) is 2. The molecule has 1 aromatic carbocycles. The lowest BCUT2D eigenvalue weighted by atomic mass is 10.1. The van der Waals surface area contributed by atoms with Crippen LogP contribution in [0.25, 0.3) is 0 Å². The second kappa shape index (κ2) is 4.97. The summed E-state index contributed by atoms with van der Waals surface area (Å²) in [6.45, 7) is 0.416. The van der Waals surface area contributed by atoms with E-state index in [-0.39, 0.29) is 11.3 Å². The zero-order chi connectivity index (χ0) is 13.0. The van der Waals surface area contributed by atoms with Crippen LogP contribution in [0.1, 0.15) is 11.4 Å². The quantitative estimate of drug-likeness (QED) is 0.628. The minimum absolute atomic E-state index is 0.102. The van der Waals surface area contributed by atoms with E-state index in [4.69, 9.17) is 5.26 Å². The van der Waals surface area contributed by atoms with Gasteiger partial charge < -0.3 is 10.3 Å². The van der Waals surface area contributed by atoms with Crippen LogP contribution in [0, 0.1) is 21.4 Å². The maximum Gasteiger partial charge on any atom is 0.270 e. The minimum Gasteiger partial charge on any atom is -0.377 e. The summed E-state index contributed by atoms with van der Waals surface area (Å²) in [7, 11) is 0. The van der Waals surface area contributed by atoms with Gasteiger partial charge >= 0.3 is 0 Å². The van der Waals surface area contributed by atoms with Crippen LogP contribution in [-0.4, -0.2) is 14.9 Å². The number of nitriles is 1. The van der Waals surface area contributed by atoms with Gasteiger partial charge in [-0.3, -0.25) is 10.1 Å². The number of aromatic nitrogens is 2. The van der Waals surface area contributed by atoms with Crippen molar-refractivity contribution in [2.75, 3.05) is 5.32 Å². The molecule has 1 heterocycles. The van der Waals surface area contributed by atoms with E-state index in [0.29, 0.717) is 12.2 Å². The van der Waals surface area contributed by atoms with Crippen LogP contribution >= 0.6 is 0 Å². The molecule has 7 heteroatoms. The van der Waals surface area contributed by atoms with E-state index in [2.05, 4.69) is 15.3 Å². The molecule has 2 rings (SSSR count). The molecule has 0 saturated heterocycles. The number of imidazole rings is 1. The van der Waals surface area contributed by atoms with Crippen LogP contribution in [0.15, 0.2) is 30.6 Å². The van der Waals surface area contributed by atoms with E-state index in [0.717, 1.165) is 5.82 Å². The van der Waals surface area contributed by atoms with Gasteiger partial charge in [0.05, 0.1) is 22.7 Å². The van der Waals surface area contributed by atoms with Gasteiger partial charge in [-0.1, -0.05) is 0 Å². The van der Waals surface area contributed by atoms with Gasteiger partial charge in [0.25, 0.3) is 5.69 Å². The number of nitro groups is 1. The summed E-state index contributed by atoms with van der Waals surface area (Å²) in [6.07, 6.45) is 3.32. The molecule has 90 valence electrons. The normalized spacial score (nSPS) is 9.72. The summed E-state index contributed by atoms with van der Waals surface area (Å²) in [5.74, 6) is 0.720. The van der Waals surface area contributed by atoms with Crippen molar-refractivity contribution < 1.29 is 4.92 Å². The number of non-ortho nitro benzene ring substituents is 1. The zero-order valence-electron chi connectivity index (χ0n) is 9.25. The van der Waals surface area contributed by atoms with E-state index in [9.17, 15) is 10.1 Å². The van der Waals surface area contributed by atoms with Crippen molar-refractivity contribution in [1.82, 2.24) is 9.97 Å². The number of rotatable bonds is 4. The van der Waals surface area contributed by atoms with Crippen molar-refractivity contribution in [3.05, 3.63) is 52.1 Å². The second-order valence-electron chi connectivity index (χ2n) is 3.49. The van der Waals surface area contributed by atoms with Crippen LogP contribution in [0.4, 0.5) is 11.4 Å². The van der Waals surface area contributed by atoms with Crippen LogP contribution in [0.2, 0.25) is 0 Å². The molecule has 2 aromatic rings. The predicted octanol–water partition coefficient (Wildman–Crippen LogP) is 1.80. The maximum atomic E-state index is 10.6. The SMILES string of the molecule is N#Cc1cc([N+](=O)[O-])ccc1NCc1ncc[nH]1. The highest BCUT2D eigenvalue weighted by molar-refractivity contribution is 5.61. The Morgan fingerprint density at radius 2 is 2.39 bits per heavy atom. The summed E-state index contributed by atoms with van der Waals surface area (Å²) in [4.78, 5) is 17.0. The molecule has 0 unspecified atom stereocenters. The molecule has 0 saturated carbocycles. The Bertz CT molecular complexity index is 600. The van der Waals surface area contributed by atoms with Crippen LogP contribution < -0.4 is 5.32 Å². The molecular weight excluding hydrogens is 234 g/mol. The van der Waals surface area contributed by atoms with Crippen molar-refractivity contribution in [1.29, 1.82) is 5.26 Å². The van der Waals surface area contributed by atoms with Gasteiger partial charge in [0.1, 0.15) is 11.9 Å². The van der Waals surface area contributed by atoms with Crippen molar-refractivity contribution in [3.8, 4) is 6.07 Å². The highest BCUT2D eigenvalue weighted by atomic mass is 16.6. The fraction of sp³-hybridized carbons (Fsp3) is 0.0909. The lowest BCUT2D eigenvalue weighted by molar-refractivity contribution is -0.384. The fourth-order valence-electron chi connectivity index (χ4n) is 1.47. The standard InChI is InChI=1S/C11H9N5O2/c12-6-8-5-9(16(17)18)1-2-10(8)15-7-11-13-3-4-14-11/h1-5,15H,7H2,(H,13,14). The molecule has 0 amide bonds. The first-order valence-corrected chi connectivity index (χ1v) is 5.11. The number of nitrogens with zero attached hydrogens (tertiary/aromatic N) is 3. The Morgan fingerprint density at radius 3 is 3.00 bits per heavy atom. The molecular formula is C11H9N5O2. The number of nitrogens with one attached hydrogen (secondary N) is 2. The number of H-pyrrole nitrogens is 1. The zero-order valence-corrected chi connectivity index (χ0v) is 9.25. The Kier molecular flexibility index (Phi) is 3.20. The minimum atomic E-state index is -0.531. The molecule has 0 atom stereocenters. The van der Waals surface area contributed by atoms with E-state index >= 15 is 0 Å². The Hall–Kier alpha value is -2.88. The Morgan fingerprint density at radius 1 is 1.56 bits per heavy atom. The third kappa shape index (κ3) is 2.44. The third-order valence-corrected chi connectivity index (χ3v) is 2.34. The number of aromatic amines is 1. The van der Waals surface area contributed by atoms with Gasteiger partial charge in [0, 0.05) is 24.5 Å². The second-order valence-corrected chi connectivity index (χ2v) is 3.49. The molecule has 0 fully saturated rings. The topological polar surface area (TPSA) is 108 Å². The van der Waals surface area contributed by atoms with Gasteiger partial charge in [0.15, 0.2) is 0 Å². The van der Waals surface area contributed by atoms with Gasteiger partial charge in [-0.15, -0.1) is 0 Å².